The summed E-state index contributed by atoms with van der Waals surface area (Å²) in [6, 6.07) is 16.1. The largest absolute Gasteiger partial charge is 0.505 e. The van der Waals surface area contributed by atoms with E-state index in [1.54, 1.807) is 18.3 Å². The van der Waals surface area contributed by atoms with Crippen LogP contribution in [0.4, 0.5) is 16.0 Å². The maximum Gasteiger partial charge on any atom is 0.282 e. The molecule has 0 bridgehead atoms. The van der Waals surface area contributed by atoms with Crippen LogP contribution in [0.15, 0.2) is 78.0 Å². The highest BCUT2D eigenvalue weighted by atomic mass is 19.1. The number of nitrogens with zero attached hydrogens (tertiary/aromatic N) is 5. The minimum Gasteiger partial charge on any atom is -0.505 e. The van der Waals surface area contributed by atoms with E-state index in [4.69, 9.17) is 5.73 Å². The van der Waals surface area contributed by atoms with Crippen LogP contribution in [0.2, 0.25) is 0 Å². The van der Waals surface area contributed by atoms with E-state index in [2.05, 4.69) is 20.4 Å². The van der Waals surface area contributed by atoms with E-state index in [9.17, 15) is 14.3 Å². The summed E-state index contributed by atoms with van der Waals surface area (Å²) in [5, 5.41) is 17.5. The molecule has 1 unspecified atom stereocenters. The standard InChI is InChI=1S/C24H20FN7O2/c1-14(29-22-20(21(26)27-13-28-22)15-9-10-19(33)17(25)12-15)23-30-31-11-5-8-18(31)24(34)32(23)16-6-3-2-4-7-16/h2-14,33H,1H3,(H3,26,27,28,29). The lowest BCUT2D eigenvalue weighted by Crippen LogP contribution is -2.29. The number of rotatable bonds is 5. The first-order valence-electron chi connectivity index (χ1n) is 10.5. The van der Waals surface area contributed by atoms with Gasteiger partial charge < -0.3 is 16.2 Å². The number of halogens is 1. The molecule has 0 aliphatic rings. The molecule has 5 aromatic rings. The Hall–Kier alpha value is -4.73. The van der Waals surface area contributed by atoms with Crippen LogP contribution in [0.5, 0.6) is 5.75 Å². The first-order valence-corrected chi connectivity index (χ1v) is 10.5. The van der Waals surface area contributed by atoms with Crippen molar-refractivity contribution >= 4 is 17.2 Å². The highest BCUT2D eigenvalue weighted by Gasteiger charge is 2.21. The number of hydrogen-bond donors (Lipinski definition) is 3. The Morgan fingerprint density at radius 2 is 1.88 bits per heavy atom. The number of para-hydroxylation sites is 1. The maximum absolute atomic E-state index is 14.1. The van der Waals surface area contributed by atoms with Crippen LogP contribution in [0.1, 0.15) is 18.8 Å². The number of nitrogens with one attached hydrogen (secondary N) is 1. The average Bonchev–Trinajstić information content (AvgIpc) is 3.31. The van der Waals surface area contributed by atoms with E-state index >= 15 is 0 Å². The molecule has 34 heavy (non-hydrogen) atoms. The van der Waals surface area contributed by atoms with Crippen molar-refractivity contribution in [3.63, 3.8) is 0 Å². The summed E-state index contributed by atoms with van der Waals surface area (Å²) in [4.78, 5) is 21.7. The molecule has 3 heterocycles. The zero-order valence-corrected chi connectivity index (χ0v) is 18.1. The van der Waals surface area contributed by atoms with Gasteiger partial charge in [0, 0.05) is 6.20 Å². The minimum atomic E-state index is -0.794. The fourth-order valence-corrected chi connectivity index (χ4v) is 3.83. The van der Waals surface area contributed by atoms with Crippen LogP contribution in [0.25, 0.3) is 22.3 Å². The number of fused-ring (bicyclic) bond motifs is 1. The van der Waals surface area contributed by atoms with E-state index < -0.39 is 17.6 Å². The second-order valence-electron chi connectivity index (χ2n) is 7.69. The zero-order valence-electron chi connectivity index (χ0n) is 18.1. The van der Waals surface area contributed by atoms with Crippen LogP contribution < -0.4 is 16.6 Å². The second-order valence-corrected chi connectivity index (χ2v) is 7.69. The number of phenols is 1. The fourth-order valence-electron chi connectivity index (χ4n) is 3.83. The number of aromatic nitrogens is 5. The molecule has 4 N–H and O–H groups in total. The molecule has 10 heteroatoms. The molecule has 0 amide bonds. The third-order valence-corrected chi connectivity index (χ3v) is 5.46. The summed E-state index contributed by atoms with van der Waals surface area (Å²) in [6.45, 7) is 1.83. The lowest BCUT2D eigenvalue weighted by Gasteiger charge is -2.21. The molecular weight excluding hydrogens is 437 g/mol. The summed E-state index contributed by atoms with van der Waals surface area (Å²) in [6.07, 6.45) is 2.99. The number of anilines is 2. The lowest BCUT2D eigenvalue weighted by molar-refractivity contribution is 0.432. The quantitative estimate of drug-likeness (QED) is 0.369. The number of aromatic hydroxyl groups is 1. The Kier molecular flexibility index (Phi) is 5.17. The van der Waals surface area contributed by atoms with Gasteiger partial charge in [-0.2, -0.15) is 5.10 Å². The molecule has 0 saturated heterocycles. The van der Waals surface area contributed by atoms with Gasteiger partial charge in [0.25, 0.3) is 5.56 Å². The topological polar surface area (TPSA) is 123 Å². The van der Waals surface area contributed by atoms with Gasteiger partial charge in [-0.15, -0.1) is 0 Å². The van der Waals surface area contributed by atoms with Crippen LogP contribution in [0.3, 0.4) is 0 Å². The van der Waals surface area contributed by atoms with E-state index in [-0.39, 0.29) is 11.4 Å². The van der Waals surface area contributed by atoms with Gasteiger partial charge in [0.15, 0.2) is 17.4 Å². The van der Waals surface area contributed by atoms with Gasteiger partial charge in [-0.1, -0.05) is 24.3 Å². The van der Waals surface area contributed by atoms with Gasteiger partial charge in [0.1, 0.15) is 23.5 Å². The number of phenolic OH excluding ortho intramolecular Hbond substituents is 1. The molecule has 0 fully saturated rings. The normalized spacial score (nSPS) is 12.1. The van der Waals surface area contributed by atoms with Crippen molar-refractivity contribution in [2.45, 2.75) is 13.0 Å². The van der Waals surface area contributed by atoms with Gasteiger partial charge >= 0.3 is 0 Å². The molecule has 2 aromatic carbocycles. The molecule has 0 saturated carbocycles. The van der Waals surface area contributed by atoms with Crippen molar-refractivity contribution in [3.8, 4) is 22.6 Å². The van der Waals surface area contributed by atoms with E-state index in [0.717, 1.165) is 6.07 Å². The smallest absolute Gasteiger partial charge is 0.282 e. The highest BCUT2D eigenvalue weighted by molar-refractivity contribution is 5.83. The Labute approximate surface area is 193 Å². The zero-order chi connectivity index (χ0) is 23.8. The van der Waals surface area contributed by atoms with Crippen LogP contribution in [0, 0.1) is 5.82 Å². The summed E-state index contributed by atoms with van der Waals surface area (Å²) < 4.78 is 17.1. The molecule has 0 aliphatic heterocycles. The van der Waals surface area contributed by atoms with E-state index in [1.807, 2.05) is 37.3 Å². The lowest BCUT2D eigenvalue weighted by atomic mass is 10.1. The predicted octanol–water partition coefficient (Wildman–Crippen LogP) is 3.54. The van der Waals surface area contributed by atoms with Crippen molar-refractivity contribution in [2.75, 3.05) is 11.1 Å². The third-order valence-electron chi connectivity index (χ3n) is 5.46. The van der Waals surface area contributed by atoms with E-state index in [0.29, 0.717) is 34.0 Å². The third kappa shape index (κ3) is 3.60. The monoisotopic (exact) mass is 457 g/mol. The van der Waals surface area contributed by atoms with Gasteiger partial charge in [-0.25, -0.2) is 18.9 Å². The molecule has 3 aromatic heterocycles. The van der Waals surface area contributed by atoms with Crippen LogP contribution in [-0.2, 0) is 0 Å². The first-order chi connectivity index (χ1) is 16.4. The second kappa shape index (κ2) is 8.32. The van der Waals surface area contributed by atoms with E-state index in [1.165, 1.54) is 27.5 Å². The Bertz CT molecular complexity index is 1560. The Morgan fingerprint density at radius 3 is 2.65 bits per heavy atom. The number of benzene rings is 2. The van der Waals surface area contributed by atoms with Gasteiger partial charge in [0.05, 0.1) is 17.3 Å². The van der Waals surface area contributed by atoms with Crippen molar-refractivity contribution in [3.05, 3.63) is 95.2 Å². The maximum atomic E-state index is 14.1. The van der Waals surface area contributed by atoms with Crippen molar-refractivity contribution in [2.24, 2.45) is 0 Å². The molecule has 5 rings (SSSR count). The van der Waals surface area contributed by atoms with Gasteiger partial charge in [-0.3, -0.25) is 9.36 Å². The fraction of sp³-hybridized carbons (Fsp3) is 0.0833. The molecule has 0 aliphatic carbocycles. The minimum absolute atomic E-state index is 0.129. The molecule has 9 nitrogen and oxygen atoms in total. The Morgan fingerprint density at radius 1 is 1.09 bits per heavy atom. The van der Waals surface area contributed by atoms with Crippen LogP contribution in [-0.4, -0.2) is 29.3 Å². The van der Waals surface area contributed by atoms with Crippen molar-refractivity contribution in [1.29, 1.82) is 0 Å². The molecule has 0 spiro atoms. The number of nitrogens with two attached hydrogens (primary N) is 1. The average molecular weight is 457 g/mol. The summed E-state index contributed by atoms with van der Waals surface area (Å²) in [5.74, 6) is -0.383. The van der Waals surface area contributed by atoms with Gasteiger partial charge in [0.2, 0.25) is 0 Å². The summed E-state index contributed by atoms with van der Waals surface area (Å²) in [7, 11) is 0. The molecular formula is C24H20FN7O2. The van der Waals surface area contributed by atoms with Crippen molar-refractivity contribution < 1.29 is 9.50 Å². The van der Waals surface area contributed by atoms with Crippen molar-refractivity contribution in [1.82, 2.24) is 24.1 Å². The summed E-state index contributed by atoms with van der Waals surface area (Å²) >= 11 is 0. The molecule has 0 radical (unpaired) electrons. The number of nitrogen functional groups attached to an aromatic ring is 1. The first kappa shape index (κ1) is 21.1. The number of hydrogen-bond acceptors (Lipinski definition) is 7. The highest BCUT2D eigenvalue weighted by Crippen LogP contribution is 2.34. The summed E-state index contributed by atoms with van der Waals surface area (Å²) in [5.41, 5.74) is 7.74. The predicted molar refractivity (Wildman–Crippen MR) is 126 cm³/mol. The SMILES string of the molecule is CC(Nc1ncnc(N)c1-c1ccc(O)c(F)c1)c1nn2cccc2c(=O)n1-c1ccccc1. The van der Waals surface area contributed by atoms with Gasteiger partial charge in [-0.05, 0) is 48.9 Å². The Balaban J connectivity index is 1.63. The van der Waals surface area contributed by atoms with Crippen LogP contribution >= 0.6 is 0 Å². The molecule has 1 atom stereocenters. The molecule has 170 valence electrons.